The van der Waals surface area contributed by atoms with Crippen molar-refractivity contribution < 1.29 is 28.5 Å². The maximum absolute atomic E-state index is 12.3. The van der Waals surface area contributed by atoms with Crippen LogP contribution in [0.3, 0.4) is 0 Å². The Hall–Kier alpha value is -2.89. The summed E-state index contributed by atoms with van der Waals surface area (Å²) in [4.78, 5) is 12.3. The van der Waals surface area contributed by atoms with Crippen LogP contribution < -0.4 is 18.9 Å². The van der Waals surface area contributed by atoms with Gasteiger partial charge in [-0.25, -0.2) is 0 Å². The Morgan fingerprint density at radius 1 is 0.889 bits per heavy atom. The lowest BCUT2D eigenvalue weighted by Crippen LogP contribution is -2.20. The smallest absolute Gasteiger partial charge is 0.309 e. The molecule has 142 valence electrons. The van der Waals surface area contributed by atoms with Gasteiger partial charge >= 0.3 is 5.97 Å². The number of rotatable bonds is 6. The Balaban J connectivity index is 1.50. The molecule has 0 amide bonds. The second-order valence-electron chi connectivity index (χ2n) is 6.78. The first kappa shape index (κ1) is 17.5. The van der Waals surface area contributed by atoms with E-state index in [9.17, 15) is 4.79 Å². The van der Waals surface area contributed by atoms with Gasteiger partial charge in [0, 0.05) is 5.92 Å². The third-order valence-corrected chi connectivity index (χ3v) is 5.15. The summed E-state index contributed by atoms with van der Waals surface area (Å²) in [5.74, 6) is 2.65. The van der Waals surface area contributed by atoms with E-state index >= 15 is 0 Å². The highest BCUT2D eigenvalue weighted by atomic mass is 16.7. The minimum absolute atomic E-state index is 0.112. The molecule has 6 heteroatoms. The van der Waals surface area contributed by atoms with Crippen molar-refractivity contribution in [3.8, 4) is 23.0 Å². The normalized spacial score (nSPS) is 20.4. The summed E-state index contributed by atoms with van der Waals surface area (Å²) in [6, 6.07) is 11.7. The molecule has 0 aliphatic carbocycles. The zero-order chi connectivity index (χ0) is 18.8. The predicted octanol–water partition coefficient (Wildman–Crippen LogP) is 3.01. The summed E-state index contributed by atoms with van der Waals surface area (Å²) in [6.45, 7) is 0.675. The molecule has 2 aliphatic heterocycles. The molecule has 1 saturated heterocycles. The number of benzene rings is 2. The highest BCUT2D eigenvalue weighted by Gasteiger charge is 2.37. The van der Waals surface area contributed by atoms with Crippen LogP contribution in [-0.2, 0) is 22.4 Å². The SMILES string of the molecule is COc1ccc(C[C@@H]2COC(=O)[C@H]2Cc2ccc3c(c2)OCO3)cc1OC. The number of methoxy groups -OCH3 is 2. The van der Waals surface area contributed by atoms with Crippen molar-refractivity contribution in [3.63, 3.8) is 0 Å². The third-order valence-electron chi connectivity index (χ3n) is 5.15. The third kappa shape index (κ3) is 3.52. The maximum atomic E-state index is 12.3. The van der Waals surface area contributed by atoms with Crippen molar-refractivity contribution in [2.45, 2.75) is 12.8 Å². The Bertz CT molecular complexity index is 847. The van der Waals surface area contributed by atoms with E-state index in [1.807, 2.05) is 36.4 Å². The first-order valence-corrected chi connectivity index (χ1v) is 8.94. The number of carbonyl (C=O) groups is 1. The van der Waals surface area contributed by atoms with E-state index in [4.69, 9.17) is 23.7 Å². The van der Waals surface area contributed by atoms with E-state index in [1.54, 1.807) is 14.2 Å². The van der Waals surface area contributed by atoms with E-state index in [-0.39, 0.29) is 24.6 Å². The van der Waals surface area contributed by atoms with Gasteiger partial charge in [-0.05, 0) is 48.2 Å². The van der Waals surface area contributed by atoms with Crippen LogP contribution in [0.1, 0.15) is 11.1 Å². The van der Waals surface area contributed by atoms with Crippen molar-refractivity contribution >= 4 is 5.97 Å². The monoisotopic (exact) mass is 370 g/mol. The first-order valence-electron chi connectivity index (χ1n) is 8.94. The Labute approximate surface area is 157 Å². The summed E-state index contributed by atoms with van der Waals surface area (Å²) >= 11 is 0. The summed E-state index contributed by atoms with van der Waals surface area (Å²) in [5, 5.41) is 0. The summed E-state index contributed by atoms with van der Waals surface area (Å²) < 4.78 is 26.8. The van der Waals surface area contributed by atoms with Gasteiger partial charge in [0.2, 0.25) is 6.79 Å². The lowest BCUT2D eigenvalue weighted by atomic mass is 9.85. The van der Waals surface area contributed by atoms with Gasteiger partial charge in [0.15, 0.2) is 23.0 Å². The van der Waals surface area contributed by atoms with Crippen molar-refractivity contribution in [1.29, 1.82) is 0 Å². The Kier molecular flexibility index (Phi) is 4.79. The van der Waals surface area contributed by atoms with E-state index in [2.05, 4.69) is 0 Å². The molecule has 0 aromatic heterocycles. The van der Waals surface area contributed by atoms with Crippen LogP contribution in [0, 0.1) is 11.8 Å². The topological polar surface area (TPSA) is 63.2 Å². The highest BCUT2D eigenvalue weighted by Crippen LogP contribution is 2.36. The van der Waals surface area contributed by atoms with Crippen LogP contribution in [0.15, 0.2) is 36.4 Å². The second-order valence-corrected chi connectivity index (χ2v) is 6.78. The van der Waals surface area contributed by atoms with Gasteiger partial charge in [0.1, 0.15) is 0 Å². The van der Waals surface area contributed by atoms with Crippen molar-refractivity contribution in [2.75, 3.05) is 27.6 Å². The number of ether oxygens (including phenoxy) is 5. The van der Waals surface area contributed by atoms with Crippen LogP contribution >= 0.6 is 0 Å². The lowest BCUT2D eigenvalue weighted by molar-refractivity contribution is -0.141. The van der Waals surface area contributed by atoms with Crippen LogP contribution in [0.4, 0.5) is 0 Å². The highest BCUT2D eigenvalue weighted by molar-refractivity contribution is 5.75. The molecule has 1 fully saturated rings. The second kappa shape index (κ2) is 7.39. The fourth-order valence-corrected chi connectivity index (χ4v) is 3.69. The van der Waals surface area contributed by atoms with Gasteiger partial charge in [-0.15, -0.1) is 0 Å². The quantitative estimate of drug-likeness (QED) is 0.729. The Morgan fingerprint density at radius 2 is 1.63 bits per heavy atom. The maximum Gasteiger partial charge on any atom is 0.309 e. The minimum atomic E-state index is -0.182. The fraction of sp³-hybridized carbons (Fsp3) is 0.381. The van der Waals surface area contributed by atoms with Crippen molar-refractivity contribution in [3.05, 3.63) is 47.5 Å². The first-order chi connectivity index (χ1) is 13.2. The standard InChI is InChI=1S/C21H22O6/c1-23-17-5-3-13(9-19(17)24-2)7-15-11-25-21(22)16(15)8-14-4-6-18-20(10-14)27-12-26-18/h3-6,9-10,15-16H,7-8,11-12H2,1-2H3/t15-,16+/m1/s1. The number of esters is 1. The summed E-state index contributed by atoms with van der Waals surface area (Å²) in [5.41, 5.74) is 2.13. The van der Waals surface area contributed by atoms with Crippen LogP contribution in [0.2, 0.25) is 0 Å². The molecule has 0 spiro atoms. The summed E-state index contributed by atoms with van der Waals surface area (Å²) in [7, 11) is 3.23. The molecule has 6 nitrogen and oxygen atoms in total. The fourth-order valence-electron chi connectivity index (χ4n) is 3.69. The van der Waals surface area contributed by atoms with Crippen LogP contribution in [0.5, 0.6) is 23.0 Å². The molecule has 0 bridgehead atoms. The number of fused-ring (bicyclic) bond motifs is 1. The van der Waals surface area contributed by atoms with E-state index in [0.717, 1.165) is 29.0 Å². The molecular weight excluding hydrogens is 348 g/mol. The lowest BCUT2D eigenvalue weighted by Gasteiger charge is -2.17. The van der Waals surface area contributed by atoms with Gasteiger partial charge in [-0.2, -0.15) is 0 Å². The van der Waals surface area contributed by atoms with Crippen LogP contribution in [-0.4, -0.2) is 33.6 Å². The molecule has 4 rings (SSSR count). The molecule has 2 aromatic carbocycles. The number of cyclic esters (lactones) is 1. The average Bonchev–Trinajstić information content (AvgIpc) is 3.29. The van der Waals surface area contributed by atoms with E-state index in [1.165, 1.54) is 0 Å². The van der Waals surface area contributed by atoms with Crippen LogP contribution in [0.25, 0.3) is 0 Å². The van der Waals surface area contributed by atoms with E-state index < -0.39 is 0 Å². The molecule has 0 unspecified atom stereocenters. The molecule has 2 atom stereocenters. The molecule has 27 heavy (non-hydrogen) atoms. The molecule has 0 saturated carbocycles. The summed E-state index contributed by atoms with van der Waals surface area (Å²) in [6.07, 6.45) is 1.36. The number of hydrogen-bond acceptors (Lipinski definition) is 6. The number of carbonyl (C=O) groups excluding carboxylic acids is 1. The zero-order valence-corrected chi connectivity index (χ0v) is 15.4. The molecular formula is C21H22O6. The molecule has 0 N–H and O–H groups in total. The van der Waals surface area contributed by atoms with Gasteiger partial charge in [0.05, 0.1) is 26.7 Å². The van der Waals surface area contributed by atoms with Crippen molar-refractivity contribution in [2.24, 2.45) is 11.8 Å². The average molecular weight is 370 g/mol. The van der Waals surface area contributed by atoms with Gasteiger partial charge in [-0.3, -0.25) is 4.79 Å². The van der Waals surface area contributed by atoms with Crippen molar-refractivity contribution in [1.82, 2.24) is 0 Å². The van der Waals surface area contributed by atoms with E-state index in [0.29, 0.717) is 24.5 Å². The molecule has 2 aromatic rings. The largest absolute Gasteiger partial charge is 0.493 e. The minimum Gasteiger partial charge on any atom is -0.493 e. The molecule has 2 heterocycles. The predicted molar refractivity (Wildman–Crippen MR) is 97.5 cm³/mol. The Morgan fingerprint density at radius 3 is 2.44 bits per heavy atom. The molecule has 2 aliphatic rings. The van der Waals surface area contributed by atoms with Gasteiger partial charge in [0.25, 0.3) is 0 Å². The van der Waals surface area contributed by atoms with Gasteiger partial charge < -0.3 is 23.7 Å². The van der Waals surface area contributed by atoms with Gasteiger partial charge in [-0.1, -0.05) is 12.1 Å². The number of hydrogen-bond donors (Lipinski definition) is 0. The molecule has 0 radical (unpaired) electrons. The zero-order valence-electron chi connectivity index (χ0n) is 15.4.